The molecule has 1 fully saturated rings. The highest BCUT2D eigenvalue weighted by atomic mass is 32.2. The van der Waals surface area contributed by atoms with Crippen LogP contribution in [0.3, 0.4) is 0 Å². The van der Waals surface area contributed by atoms with Gasteiger partial charge in [-0.1, -0.05) is 56.4 Å². The number of carbonyl (C=O) groups excluding carboxylic acids is 1. The summed E-state index contributed by atoms with van der Waals surface area (Å²) in [7, 11) is -2.56. The summed E-state index contributed by atoms with van der Waals surface area (Å²) in [6.45, 7) is 8.20. The molecule has 208 valence electrons. The minimum atomic E-state index is -4.01. The van der Waals surface area contributed by atoms with Gasteiger partial charge in [0.25, 0.3) is 15.9 Å². The Morgan fingerprint density at radius 3 is 2.32 bits per heavy atom. The van der Waals surface area contributed by atoms with Gasteiger partial charge in [0, 0.05) is 12.6 Å². The third kappa shape index (κ3) is 7.57. The summed E-state index contributed by atoms with van der Waals surface area (Å²) in [4.78, 5) is 13.4. The minimum absolute atomic E-state index is 0.0334. The van der Waals surface area contributed by atoms with E-state index in [1.54, 1.807) is 19.1 Å². The SMILES string of the molecule is CNC(=N)NS(=O)(=O)c1cccc(C(=O)N[C@@H](COC(C)c2c(C)cccc2C)CC2CCCCC2)c1C. The van der Waals surface area contributed by atoms with Gasteiger partial charge in [-0.2, -0.15) is 0 Å². The predicted molar refractivity (Wildman–Crippen MR) is 151 cm³/mol. The number of ether oxygens (including phenoxy) is 1. The highest BCUT2D eigenvalue weighted by Gasteiger charge is 2.26. The lowest BCUT2D eigenvalue weighted by Gasteiger charge is -2.29. The molecule has 9 heteroatoms. The van der Waals surface area contributed by atoms with Crippen LogP contribution in [-0.4, -0.2) is 40.0 Å². The van der Waals surface area contributed by atoms with Crippen LogP contribution in [-0.2, 0) is 14.8 Å². The van der Waals surface area contributed by atoms with E-state index < -0.39 is 10.0 Å². The van der Waals surface area contributed by atoms with Crippen molar-refractivity contribution in [2.45, 2.75) is 83.3 Å². The zero-order valence-electron chi connectivity index (χ0n) is 23.2. The summed E-state index contributed by atoms with van der Waals surface area (Å²) in [5.74, 6) is -0.146. The van der Waals surface area contributed by atoms with Gasteiger partial charge >= 0.3 is 0 Å². The Morgan fingerprint density at radius 1 is 1.05 bits per heavy atom. The molecule has 0 saturated heterocycles. The Bertz CT molecular complexity index is 1220. The van der Waals surface area contributed by atoms with Gasteiger partial charge in [-0.05, 0) is 74.4 Å². The minimum Gasteiger partial charge on any atom is -0.372 e. The van der Waals surface area contributed by atoms with E-state index in [2.05, 4.69) is 41.3 Å². The lowest BCUT2D eigenvalue weighted by Crippen LogP contribution is -2.41. The van der Waals surface area contributed by atoms with Gasteiger partial charge in [-0.15, -0.1) is 0 Å². The third-order valence-electron chi connectivity index (χ3n) is 7.48. The maximum Gasteiger partial charge on any atom is 0.264 e. The van der Waals surface area contributed by atoms with Crippen molar-refractivity contribution in [2.75, 3.05) is 13.7 Å². The van der Waals surface area contributed by atoms with E-state index in [9.17, 15) is 13.2 Å². The van der Waals surface area contributed by atoms with Crippen LogP contribution in [0.25, 0.3) is 0 Å². The van der Waals surface area contributed by atoms with Crippen molar-refractivity contribution in [1.29, 1.82) is 5.41 Å². The number of amides is 1. The number of carbonyl (C=O) groups is 1. The summed E-state index contributed by atoms with van der Waals surface area (Å²) >= 11 is 0. The molecule has 1 aliphatic carbocycles. The first kappa shape index (κ1) is 29.6. The summed E-state index contributed by atoms with van der Waals surface area (Å²) in [6, 6.07) is 10.6. The topological polar surface area (TPSA) is 120 Å². The van der Waals surface area contributed by atoms with Crippen LogP contribution >= 0.6 is 0 Å². The first-order valence-electron chi connectivity index (χ1n) is 13.4. The number of rotatable bonds is 10. The molecule has 38 heavy (non-hydrogen) atoms. The number of sulfonamides is 1. The molecular formula is C29H42N4O4S. The molecule has 4 N–H and O–H groups in total. The van der Waals surface area contributed by atoms with Gasteiger partial charge < -0.3 is 15.4 Å². The van der Waals surface area contributed by atoms with Gasteiger partial charge in [0.1, 0.15) is 0 Å². The van der Waals surface area contributed by atoms with Crippen molar-refractivity contribution in [1.82, 2.24) is 15.4 Å². The van der Waals surface area contributed by atoms with E-state index in [0.29, 0.717) is 23.7 Å². The predicted octanol–water partition coefficient (Wildman–Crippen LogP) is 4.89. The third-order valence-corrected chi connectivity index (χ3v) is 8.97. The van der Waals surface area contributed by atoms with Crippen molar-refractivity contribution in [2.24, 2.45) is 5.92 Å². The molecule has 2 aromatic rings. The zero-order valence-corrected chi connectivity index (χ0v) is 24.0. The fourth-order valence-corrected chi connectivity index (χ4v) is 6.71. The second-order valence-electron chi connectivity index (χ2n) is 10.4. The summed E-state index contributed by atoms with van der Waals surface area (Å²) < 4.78 is 34.1. The molecule has 0 aromatic heterocycles. The monoisotopic (exact) mass is 542 g/mol. The molecule has 0 radical (unpaired) electrons. The summed E-state index contributed by atoms with van der Waals surface area (Å²) in [5, 5.41) is 13.2. The van der Waals surface area contributed by atoms with Crippen LogP contribution in [0.15, 0.2) is 41.3 Å². The van der Waals surface area contributed by atoms with Crippen molar-refractivity contribution in [3.8, 4) is 0 Å². The van der Waals surface area contributed by atoms with Gasteiger partial charge in [-0.25, -0.2) is 13.1 Å². The Morgan fingerprint density at radius 2 is 1.68 bits per heavy atom. The first-order chi connectivity index (χ1) is 18.0. The molecule has 1 amide bonds. The van der Waals surface area contributed by atoms with E-state index in [1.807, 2.05) is 13.0 Å². The highest BCUT2D eigenvalue weighted by Crippen LogP contribution is 2.29. The quantitative estimate of drug-likeness (QED) is 0.252. The molecule has 2 atom stereocenters. The number of hydrogen-bond acceptors (Lipinski definition) is 5. The maximum absolute atomic E-state index is 13.5. The smallest absolute Gasteiger partial charge is 0.264 e. The second-order valence-corrected chi connectivity index (χ2v) is 12.0. The van der Waals surface area contributed by atoms with E-state index >= 15 is 0 Å². The number of benzene rings is 2. The van der Waals surface area contributed by atoms with Crippen molar-refractivity contribution >= 4 is 21.9 Å². The fourth-order valence-electron chi connectivity index (χ4n) is 5.46. The number of hydrogen-bond donors (Lipinski definition) is 4. The van der Waals surface area contributed by atoms with Crippen molar-refractivity contribution in [3.63, 3.8) is 0 Å². The van der Waals surface area contributed by atoms with Gasteiger partial charge in [0.05, 0.1) is 23.6 Å². The summed E-state index contributed by atoms with van der Waals surface area (Å²) in [6.07, 6.45) is 6.67. The maximum atomic E-state index is 13.5. The van der Waals surface area contributed by atoms with Gasteiger partial charge in [-0.3, -0.25) is 10.2 Å². The molecule has 2 aromatic carbocycles. The van der Waals surface area contributed by atoms with E-state index in [1.165, 1.54) is 49.1 Å². The van der Waals surface area contributed by atoms with E-state index in [0.717, 1.165) is 19.3 Å². The highest BCUT2D eigenvalue weighted by molar-refractivity contribution is 7.90. The first-order valence-corrected chi connectivity index (χ1v) is 14.9. The molecule has 0 aliphatic heterocycles. The normalized spacial score (nSPS) is 15.9. The molecular weight excluding hydrogens is 500 g/mol. The van der Waals surface area contributed by atoms with Crippen LogP contribution in [0.4, 0.5) is 0 Å². The average Bonchev–Trinajstić information content (AvgIpc) is 2.87. The van der Waals surface area contributed by atoms with Crippen LogP contribution in [0, 0.1) is 32.1 Å². The Hall–Kier alpha value is -2.91. The molecule has 1 saturated carbocycles. The standard InChI is InChI=1S/C29H42N4O4S/c1-19-11-9-12-20(2)27(19)22(4)37-18-24(17-23-13-7-6-8-14-23)32-28(34)25-15-10-16-26(21(25)3)38(35,36)33-29(30)31-5/h9-12,15-16,22-24H,6-8,13-14,17-18H2,1-5H3,(H,32,34)(H3,30,31,33)/t22?,24-/m1/s1. The van der Waals surface area contributed by atoms with Crippen molar-refractivity contribution in [3.05, 3.63) is 64.2 Å². The van der Waals surface area contributed by atoms with Gasteiger partial charge in [0.15, 0.2) is 0 Å². The van der Waals surface area contributed by atoms with Crippen LogP contribution < -0.4 is 15.4 Å². The zero-order chi connectivity index (χ0) is 27.9. The number of nitrogens with one attached hydrogen (secondary N) is 4. The largest absolute Gasteiger partial charge is 0.372 e. The molecule has 1 aliphatic rings. The Labute approximate surface area is 227 Å². The Balaban J connectivity index is 1.79. The molecule has 8 nitrogen and oxygen atoms in total. The molecule has 0 bridgehead atoms. The number of guanidine groups is 1. The van der Waals surface area contributed by atoms with Crippen LogP contribution in [0.2, 0.25) is 0 Å². The summed E-state index contributed by atoms with van der Waals surface area (Å²) in [5.41, 5.74) is 4.16. The number of aryl methyl sites for hydroxylation is 2. The Kier molecular flexibility index (Phi) is 10.3. The van der Waals surface area contributed by atoms with Crippen LogP contribution in [0.1, 0.15) is 84.2 Å². The molecule has 1 unspecified atom stereocenters. The van der Waals surface area contributed by atoms with E-state index in [-0.39, 0.29) is 28.9 Å². The fraction of sp³-hybridized carbons (Fsp3) is 0.517. The molecule has 0 spiro atoms. The average molecular weight is 543 g/mol. The second kappa shape index (κ2) is 13.2. The van der Waals surface area contributed by atoms with E-state index in [4.69, 9.17) is 10.1 Å². The van der Waals surface area contributed by atoms with Crippen LogP contribution in [0.5, 0.6) is 0 Å². The molecule has 0 heterocycles. The van der Waals surface area contributed by atoms with Gasteiger partial charge in [0.2, 0.25) is 5.96 Å². The van der Waals surface area contributed by atoms with Crippen molar-refractivity contribution < 1.29 is 17.9 Å². The lowest BCUT2D eigenvalue weighted by molar-refractivity contribution is 0.0403. The lowest BCUT2D eigenvalue weighted by atomic mass is 9.85. The molecule has 3 rings (SSSR count).